The number of fused-ring (bicyclic) bond motifs is 1. The van der Waals surface area contributed by atoms with E-state index >= 15 is 0 Å². The van der Waals surface area contributed by atoms with E-state index in [1.165, 1.54) is 0 Å². The van der Waals surface area contributed by atoms with Gasteiger partial charge in [0.25, 0.3) is 0 Å². The van der Waals surface area contributed by atoms with Crippen molar-refractivity contribution in [3.8, 4) is 11.5 Å². The van der Waals surface area contributed by atoms with E-state index in [0.717, 1.165) is 11.3 Å². The molecule has 2 heterocycles. The SMILES string of the molecule is ON=C1COc2cc(OCCn3cccn3)ccc21. The van der Waals surface area contributed by atoms with E-state index in [4.69, 9.17) is 14.7 Å². The van der Waals surface area contributed by atoms with Crippen molar-refractivity contribution in [3.05, 3.63) is 42.2 Å². The zero-order chi connectivity index (χ0) is 13.1. The Morgan fingerprint density at radius 2 is 2.42 bits per heavy atom. The fourth-order valence-corrected chi connectivity index (χ4v) is 1.95. The van der Waals surface area contributed by atoms with Gasteiger partial charge in [-0.15, -0.1) is 0 Å². The smallest absolute Gasteiger partial charge is 0.134 e. The van der Waals surface area contributed by atoms with Crippen molar-refractivity contribution in [1.82, 2.24) is 9.78 Å². The average molecular weight is 259 g/mol. The van der Waals surface area contributed by atoms with Gasteiger partial charge in [-0.3, -0.25) is 4.68 Å². The summed E-state index contributed by atoms with van der Waals surface area (Å²) in [4.78, 5) is 0. The van der Waals surface area contributed by atoms with Crippen LogP contribution < -0.4 is 9.47 Å². The van der Waals surface area contributed by atoms with Gasteiger partial charge in [0.05, 0.1) is 6.54 Å². The number of ether oxygens (including phenoxy) is 2. The highest BCUT2D eigenvalue weighted by atomic mass is 16.5. The van der Waals surface area contributed by atoms with Gasteiger partial charge in [0.1, 0.15) is 30.4 Å². The number of hydrogen-bond donors (Lipinski definition) is 1. The molecule has 1 N–H and O–H groups in total. The molecule has 3 rings (SSSR count). The van der Waals surface area contributed by atoms with Crippen molar-refractivity contribution in [2.24, 2.45) is 5.16 Å². The standard InChI is InChI=1S/C13H13N3O3/c17-15-12-9-19-13-8-10(2-3-11(12)13)18-7-6-16-5-1-4-14-16/h1-5,8,17H,6-7,9H2. The first-order valence-electron chi connectivity index (χ1n) is 5.95. The van der Waals surface area contributed by atoms with E-state index in [1.807, 2.05) is 24.4 Å². The Morgan fingerprint density at radius 1 is 1.47 bits per heavy atom. The topological polar surface area (TPSA) is 68.9 Å². The second-order valence-corrected chi connectivity index (χ2v) is 4.11. The van der Waals surface area contributed by atoms with Crippen LogP contribution in [0.3, 0.4) is 0 Å². The summed E-state index contributed by atoms with van der Waals surface area (Å²) in [6.07, 6.45) is 3.62. The normalized spacial score (nSPS) is 15.3. The van der Waals surface area contributed by atoms with Crippen LogP contribution in [-0.2, 0) is 6.54 Å². The van der Waals surface area contributed by atoms with Gasteiger partial charge in [-0.1, -0.05) is 5.16 Å². The molecule has 6 nitrogen and oxygen atoms in total. The second-order valence-electron chi connectivity index (χ2n) is 4.11. The minimum Gasteiger partial charge on any atom is -0.492 e. The molecule has 2 aromatic rings. The highest BCUT2D eigenvalue weighted by Gasteiger charge is 2.20. The molecule has 1 aliphatic heterocycles. The lowest BCUT2D eigenvalue weighted by Gasteiger charge is -2.07. The minimum atomic E-state index is 0.294. The number of aromatic nitrogens is 2. The van der Waals surface area contributed by atoms with Crippen LogP contribution in [0.2, 0.25) is 0 Å². The Bertz CT molecular complexity index is 593. The summed E-state index contributed by atoms with van der Waals surface area (Å²) in [5, 5.41) is 16.1. The van der Waals surface area contributed by atoms with E-state index in [0.29, 0.717) is 31.2 Å². The molecule has 1 aromatic carbocycles. The molecule has 0 spiro atoms. The Labute approximate surface area is 109 Å². The van der Waals surface area contributed by atoms with E-state index in [9.17, 15) is 0 Å². The van der Waals surface area contributed by atoms with Crippen LogP contribution in [0.1, 0.15) is 5.56 Å². The summed E-state index contributed by atoms with van der Waals surface area (Å²) < 4.78 is 12.8. The van der Waals surface area contributed by atoms with E-state index in [1.54, 1.807) is 16.9 Å². The molecular formula is C13H13N3O3. The summed E-state index contributed by atoms with van der Waals surface area (Å²) >= 11 is 0. The third-order valence-electron chi connectivity index (χ3n) is 2.90. The van der Waals surface area contributed by atoms with Crippen LogP contribution in [0.25, 0.3) is 0 Å². The summed E-state index contributed by atoms with van der Waals surface area (Å²) in [6.45, 7) is 1.51. The molecule has 19 heavy (non-hydrogen) atoms. The van der Waals surface area contributed by atoms with Crippen LogP contribution in [0.5, 0.6) is 11.5 Å². The fourth-order valence-electron chi connectivity index (χ4n) is 1.95. The number of benzene rings is 1. The zero-order valence-electron chi connectivity index (χ0n) is 10.2. The molecule has 1 aromatic heterocycles. The summed E-state index contributed by atoms with van der Waals surface area (Å²) in [6, 6.07) is 7.35. The van der Waals surface area contributed by atoms with Crippen molar-refractivity contribution in [2.45, 2.75) is 6.54 Å². The van der Waals surface area contributed by atoms with Gasteiger partial charge in [-0.2, -0.15) is 5.10 Å². The van der Waals surface area contributed by atoms with Gasteiger partial charge in [0, 0.05) is 24.0 Å². The molecule has 0 fully saturated rings. The molecule has 0 saturated heterocycles. The Kier molecular flexibility index (Phi) is 3.06. The fraction of sp³-hybridized carbons (Fsp3) is 0.231. The number of oxime groups is 1. The third-order valence-corrected chi connectivity index (χ3v) is 2.90. The van der Waals surface area contributed by atoms with E-state index in [2.05, 4.69) is 10.3 Å². The molecule has 6 heteroatoms. The molecule has 1 aliphatic rings. The zero-order valence-corrected chi connectivity index (χ0v) is 10.2. The molecule has 0 unspecified atom stereocenters. The first kappa shape index (κ1) is 11.6. The lowest BCUT2D eigenvalue weighted by atomic mass is 10.1. The molecule has 0 aliphatic carbocycles. The second kappa shape index (κ2) is 5.01. The summed E-state index contributed by atoms with van der Waals surface area (Å²) in [5.74, 6) is 1.41. The number of hydrogen-bond acceptors (Lipinski definition) is 5. The maximum absolute atomic E-state index is 8.80. The van der Waals surface area contributed by atoms with E-state index in [-0.39, 0.29) is 0 Å². The first-order chi connectivity index (χ1) is 9.36. The molecule has 0 atom stereocenters. The highest BCUT2D eigenvalue weighted by Crippen LogP contribution is 2.29. The Balaban J connectivity index is 1.64. The average Bonchev–Trinajstić information content (AvgIpc) is 3.07. The Morgan fingerprint density at radius 3 is 3.21 bits per heavy atom. The predicted molar refractivity (Wildman–Crippen MR) is 68.0 cm³/mol. The summed E-state index contributed by atoms with van der Waals surface area (Å²) in [5.41, 5.74) is 1.35. The lowest BCUT2D eigenvalue weighted by molar-refractivity contribution is 0.289. The van der Waals surface area contributed by atoms with Crippen molar-refractivity contribution in [1.29, 1.82) is 0 Å². The van der Waals surface area contributed by atoms with Gasteiger partial charge < -0.3 is 14.7 Å². The van der Waals surface area contributed by atoms with Crippen molar-refractivity contribution < 1.29 is 14.7 Å². The monoisotopic (exact) mass is 259 g/mol. The van der Waals surface area contributed by atoms with Crippen LogP contribution in [-0.4, -0.2) is 33.9 Å². The molecule has 0 bridgehead atoms. The van der Waals surface area contributed by atoms with Crippen LogP contribution in [0.15, 0.2) is 41.8 Å². The quantitative estimate of drug-likeness (QED) is 0.668. The lowest BCUT2D eigenvalue weighted by Crippen LogP contribution is -2.08. The van der Waals surface area contributed by atoms with Crippen molar-refractivity contribution in [3.63, 3.8) is 0 Å². The first-order valence-corrected chi connectivity index (χ1v) is 5.95. The third kappa shape index (κ3) is 2.37. The van der Waals surface area contributed by atoms with E-state index < -0.39 is 0 Å². The van der Waals surface area contributed by atoms with Crippen molar-refractivity contribution in [2.75, 3.05) is 13.2 Å². The van der Waals surface area contributed by atoms with Gasteiger partial charge in [0.15, 0.2) is 0 Å². The summed E-state index contributed by atoms with van der Waals surface area (Å²) in [7, 11) is 0. The maximum atomic E-state index is 8.80. The largest absolute Gasteiger partial charge is 0.492 e. The minimum absolute atomic E-state index is 0.294. The van der Waals surface area contributed by atoms with Gasteiger partial charge in [-0.05, 0) is 18.2 Å². The molecule has 0 amide bonds. The van der Waals surface area contributed by atoms with Crippen LogP contribution in [0.4, 0.5) is 0 Å². The number of nitrogens with zero attached hydrogens (tertiary/aromatic N) is 3. The molecule has 0 radical (unpaired) electrons. The highest BCUT2D eigenvalue weighted by molar-refractivity contribution is 6.05. The van der Waals surface area contributed by atoms with Gasteiger partial charge in [0.2, 0.25) is 0 Å². The molecule has 0 saturated carbocycles. The maximum Gasteiger partial charge on any atom is 0.134 e. The van der Waals surface area contributed by atoms with Crippen molar-refractivity contribution >= 4 is 5.71 Å². The Hall–Kier alpha value is -2.50. The van der Waals surface area contributed by atoms with Crippen LogP contribution >= 0.6 is 0 Å². The van der Waals surface area contributed by atoms with Gasteiger partial charge in [-0.25, -0.2) is 0 Å². The molecular weight excluding hydrogens is 246 g/mol. The number of rotatable bonds is 4. The van der Waals surface area contributed by atoms with Crippen LogP contribution in [0, 0.1) is 0 Å². The predicted octanol–water partition coefficient (Wildman–Crippen LogP) is 1.53. The molecule has 98 valence electrons. The van der Waals surface area contributed by atoms with Gasteiger partial charge >= 0.3 is 0 Å².